The van der Waals surface area contributed by atoms with Gasteiger partial charge in [-0.25, -0.2) is 0 Å². The maximum Gasteiger partial charge on any atom is 0.150 e. The zero-order valence-electron chi connectivity index (χ0n) is 16.4. The minimum atomic E-state index is -3.26. The largest absolute Gasteiger partial charge is 0.378 e. The van der Waals surface area contributed by atoms with E-state index in [4.69, 9.17) is 15.1 Å². The van der Waals surface area contributed by atoms with E-state index in [1.807, 2.05) is 0 Å². The molecule has 0 unspecified atom stereocenters. The van der Waals surface area contributed by atoms with Gasteiger partial charge in [-0.1, -0.05) is 0 Å². The van der Waals surface area contributed by atoms with Crippen molar-refractivity contribution in [3.05, 3.63) is 29.7 Å². The van der Waals surface area contributed by atoms with E-state index in [9.17, 15) is 4.79 Å². The number of carbonyl (C=O) groups excluding carboxylic acids is 1. The van der Waals surface area contributed by atoms with Crippen molar-refractivity contribution in [1.82, 2.24) is 0 Å². The van der Waals surface area contributed by atoms with Crippen molar-refractivity contribution >= 4 is 11.9 Å². The van der Waals surface area contributed by atoms with E-state index in [2.05, 4.69) is 0 Å². The van der Waals surface area contributed by atoms with Crippen molar-refractivity contribution in [2.24, 2.45) is 0 Å². The quantitative estimate of drug-likeness (QED) is 0.612. The van der Waals surface area contributed by atoms with Crippen LogP contribution in [0.3, 0.4) is 0 Å². The number of nitrogens with zero attached hydrogens (tertiary/aromatic N) is 1. The van der Waals surface area contributed by atoms with E-state index < -0.39 is 55.6 Å². The van der Waals surface area contributed by atoms with Crippen LogP contribution >= 0.6 is 0 Å². The Labute approximate surface area is 81.9 Å². The molecule has 0 aromatic heterocycles. The Morgan fingerprint density at radius 2 is 2.18 bits per heavy atom. The van der Waals surface area contributed by atoms with Crippen molar-refractivity contribution in [3.63, 3.8) is 0 Å². The number of aldehydes is 1. The van der Waals surface area contributed by atoms with Gasteiger partial charge in [0, 0.05) is 33.4 Å². The Bertz CT molecular complexity index is 574. The predicted octanol–water partition coefficient (Wildman–Crippen LogP) is 1.57. The molecular weight excluding hydrogens is 138 g/mol. The summed E-state index contributed by atoms with van der Waals surface area (Å²) in [4.78, 5) is 10.9. The highest BCUT2D eigenvalue weighted by Gasteiger charge is 1.93. The van der Waals surface area contributed by atoms with Crippen molar-refractivity contribution in [3.8, 4) is 0 Å². The topological polar surface area (TPSA) is 20.3 Å². The van der Waals surface area contributed by atoms with Crippen LogP contribution in [0.4, 0.5) is 5.69 Å². The van der Waals surface area contributed by atoms with Crippen molar-refractivity contribution < 1.29 is 19.9 Å². The third-order valence-corrected chi connectivity index (χ3v) is 0.937. The number of carbonyl (C=O) groups is 1. The lowest BCUT2D eigenvalue weighted by Gasteiger charge is -2.11. The number of anilines is 1. The van der Waals surface area contributed by atoms with Crippen LogP contribution in [-0.4, -0.2) is 20.2 Å². The Hall–Kier alpha value is -1.31. The molecule has 1 rings (SSSR count). The molecule has 0 aliphatic rings. The second-order valence-corrected chi connectivity index (χ2v) is 1.66. The van der Waals surface area contributed by atoms with E-state index in [0.717, 1.165) is 0 Å². The molecule has 0 N–H and O–H groups in total. The van der Waals surface area contributed by atoms with Crippen molar-refractivity contribution in [2.75, 3.05) is 18.9 Å². The number of benzene rings is 1. The summed E-state index contributed by atoms with van der Waals surface area (Å²) < 4.78 is 81.0. The molecule has 0 spiro atoms. The molecule has 0 radical (unpaired) electrons. The van der Waals surface area contributed by atoms with Crippen LogP contribution in [0.15, 0.2) is 24.2 Å². The second kappa shape index (κ2) is 3.19. The number of hydrogen-bond acceptors (Lipinski definition) is 2. The molecule has 1 aromatic rings. The van der Waals surface area contributed by atoms with Gasteiger partial charge in [0.15, 0.2) is 0 Å². The average molecular weight is 160 g/mol. The van der Waals surface area contributed by atoms with E-state index >= 15 is 0 Å². The lowest BCUT2D eigenvalue weighted by Crippen LogP contribution is -2.08. The van der Waals surface area contributed by atoms with Gasteiger partial charge in [-0.15, -0.1) is 0 Å². The minimum Gasteiger partial charge on any atom is -0.378 e. The van der Waals surface area contributed by atoms with Gasteiger partial charge in [0.1, 0.15) is 7.63 Å². The summed E-state index contributed by atoms with van der Waals surface area (Å²) in [6, 6.07) is -3.95. The van der Waals surface area contributed by atoms with Gasteiger partial charge in [0.25, 0.3) is 0 Å². The molecule has 1 aromatic carbocycles. The molecule has 0 heterocycles. The number of rotatable bonds is 2. The maximum absolute atomic E-state index is 11.1. The average Bonchev–Trinajstić information content (AvgIpc) is 2.28. The van der Waals surface area contributed by atoms with Gasteiger partial charge in [-0.3, -0.25) is 4.79 Å². The second-order valence-electron chi connectivity index (χ2n) is 1.66. The molecule has 0 aliphatic heterocycles. The SMILES string of the molecule is [2H]C(=O)c1c([2H])c([2H])c(N(C([2H])([2H])[2H])C([2H])([2H])[2H])c([2H])c1[2H]. The van der Waals surface area contributed by atoms with Gasteiger partial charge in [0.2, 0.25) is 0 Å². The molecular formula is C9H11NO. The van der Waals surface area contributed by atoms with Crippen LogP contribution in [0.25, 0.3) is 0 Å². The highest BCUT2D eigenvalue weighted by atomic mass is 16.1. The molecule has 58 valence electrons. The zero-order valence-corrected chi connectivity index (χ0v) is 5.36. The van der Waals surface area contributed by atoms with E-state index in [-0.39, 0.29) is 4.90 Å². The van der Waals surface area contributed by atoms with Gasteiger partial charge in [-0.2, -0.15) is 0 Å². The molecule has 0 atom stereocenters. The van der Waals surface area contributed by atoms with Crippen LogP contribution in [0.5, 0.6) is 0 Å². The summed E-state index contributed by atoms with van der Waals surface area (Å²) in [5.74, 6) is 0. The lowest BCUT2D eigenvalue weighted by atomic mass is 10.2. The summed E-state index contributed by atoms with van der Waals surface area (Å²) in [6.07, 6.45) is -1.49. The van der Waals surface area contributed by atoms with E-state index in [1.54, 1.807) is 0 Å². The predicted molar refractivity (Wildman–Crippen MR) is 46.2 cm³/mol. The number of hydrogen-bond donors (Lipinski definition) is 0. The first-order valence-electron chi connectivity index (χ1n) is 8.12. The first kappa shape index (κ1) is 1.71. The van der Waals surface area contributed by atoms with Crippen molar-refractivity contribution in [1.29, 1.82) is 0 Å². The van der Waals surface area contributed by atoms with Crippen LogP contribution in [0, 0.1) is 0 Å². The summed E-state index contributed by atoms with van der Waals surface area (Å²) in [5.41, 5.74) is -1.82. The van der Waals surface area contributed by atoms with Gasteiger partial charge < -0.3 is 4.90 Å². The Balaban J connectivity index is 3.86. The van der Waals surface area contributed by atoms with E-state index in [0.29, 0.717) is 0 Å². The molecule has 2 heteroatoms. The van der Waals surface area contributed by atoms with E-state index in [1.165, 1.54) is 0 Å². The first-order chi connectivity index (χ1) is 9.71. The smallest absolute Gasteiger partial charge is 0.150 e. The molecule has 0 bridgehead atoms. The maximum atomic E-state index is 11.1. The Morgan fingerprint density at radius 3 is 2.64 bits per heavy atom. The molecule has 0 aliphatic carbocycles. The summed E-state index contributed by atoms with van der Waals surface area (Å²) in [6.45, 7) is -6.52. The van der Waals surface area contributed by atoms with Crippen LogP contribution in [0.1, 0.15) is 25.4 Å². The lowest BCUT2D eigenvalue weighted by molar-refractivity contribution is 0.112. The van der Waals surface area contributed by atoms with Crippen molar-refractivity contribution in [2.45, 2.75) is 0 Å². The fraction of sp³-hybridized carbons (Fsp3) is 0.222. The highest BCUT2D eigenvalue weighted by Crippen LogP contribution is 2.10. The molecule has 2 nitrogen and oxygen atoms in total. The van der Waals surface area contributed by atoms with Crippen LogP contribution in [0.2, 0.25) is 0 Å². The fourth-order valence-electron chi connectivity index (χ4n) is 0.469. The van der Waals surface area contributed by atoms with Gasteiger partial charge in [-0.05, 0) is 24.2 Å². The van der Waals surface area contributed by atoms with Gasteiger partial charge >= 0.3 is 0 Å². The normalized spacial score (nSPS) is 26.0. The summed E-state index contributed by atoms with van der Waals surface area (Å²) in [5, 5.41) is 0. The summed E-state index contributed by atoms with van der Waals surface area (Å²) >= 11 is 0. The molecule has 11 heavy (non-hydrogen) atoms. The molecule has 0 saturated heterocycles. The molecule has 0 fully saturated rings. The summed E-state index contributed by atoms with van der Waals surface area (Å²) in [7, 11) is 0. The first-order valence-corrected chi connectivity index (χ1v) is 2.62. The van der Waals surface area contributed by atoms with Gasteiger partial charge in [0.05, 0.1) is 5.48 Å². The van der Waals surface area contributed by atoms with Crippen LogP contribution in [-0.2, 0) is 0 Å². The molecule has 0 saturated carbocycles. The zero-order chi connectivity index (χ0) is 17.6. The Morgan fingerprint density at radius 1 is 1.55 bits per heavy atom. The third-order valence-electron chi connectivity index (χ3n) is 0.937. The minimum absolute atomic E-state index is 0.182. The highest BCUT2D eigenvalue weighted by molar-refractivity contribution is 5.75. The third kappa shape index (κ3) is 1.80. The Kier molecular flexibility index (Phi) is 0.496. The fourth-order valence-corrected chi connectivity index (χ4v) is 0.469. The monoisotopic (exact) mass is 160 g/mol. The van der Waals surface area contributed by atoms with Crippen LogP contribution < -0.4 is 4.90 Å². The molecule has 0 amide bonds. The standard InChI is InChI=1S/C9H11NO/c1-10(2)9-5-3-8(7-11)4-6-9/h3-7H,1-2H3/i1D3,2D3,3D,4D,5D,6D,7D.